The largest absolute Gasteiger partial charge is 0.471 e. The van der Waals surface area contributed by atoms with Crippen molar-refractivity contribution < 1.29 is 26.4 Å². The zero-order valence-electron chi connectivity index (χ0n) is 11.7. The van der Waals surface area contributed by atoms with Crippen LogP contribution in [0.5, 0.6) is 0 Å². The van der Waals surface area contributed by atoms with Gasteiger partial charge >= 0.3 is 12.1 Å². The number of amides is 1. The molecule has 1 aromatic rings. The Morgan fingerprint density at radius 1 is 1.30 bits per heavy atom. The molecule has 10 heteroatoms. The molecule has 1 amide bonds. The van der Waals surface area contributed by atoms with E-state index in [-0.39, 0.29) is 24.4 Å². The summed E-state index contributed by atoms with van der Waals surface area (Å²) >= 11 is 0. The van der Waals surface area contributed by atoms with Crippen LogP contribution in [-0.4, -0.2) is 43.9 Å². The van der Waals surface area contributed by atoms with Crippen LogP contribution in [0.4, 0.5) is 13.2 Å². The van der Waals surface area contributed by atoms with Gasteiger partial charge in [0.15, 0.2) is 0 Å². The fraction of sp³-hybridized carbons (Fsp3) is 0.385. The predicted octanol–water partition coefficient (Wildman–Crippen LogP) is 1.000. The smallest absolute Gasteiger partial charge is 0.344 e. The normalized spacial score (nSPS) is 19.3. The third kappa shape index (κ3) is 3.80. The highest BCUT2D eigenvalue weighted by atomic mass is 32.2. The van der Waals surface area contributed by atoms with Crippen LogP contribution in [0.3, 0.4) is 0 Å². The first-order chi connectivity index (χ1) is 10.6. The van der Waals surface area contributed by atoms with Crippen LogP contribution in [-0.2, 0) is 14.8 Å². The van der Waals surface area contributed by atoms with Crippen molar-refractivity contribution in [2.75, 3.05) is 13.1 Å². The summed E-state index contributed by atoms with van der Waals surface area (Å²) in [6.07, 6.45) is -4.91. The average Bonchev–Trinajstić information content (AvgIpc) is 2.95. The molecule has 0 bridgehead atoms. The molecule has 124 valence electrons. The van der Waals surface area contributed by atoms with Crippen molar-refractivity contribution in [1.29, 1.82) is 5.26 Å². The van der Waals surface area contributed by atoms with E-state index in [2.05, 4.69) is 0 Å². The average molecular weight is 347 g/mol. The minimum atomic E-state index is -5.00. The van der Waals surface area contributed by atoms with Gasteiger partial charge in [0, 0.05) is 19.1 Å². The Morgan fingerprint density at radius 2 is 1.91 bits per heavy atom. The van der Waals surface area contributed by atoms with E-state index >= 15 is 0 Å². The van der Waals surface area contributed by atoms with Crippen LogP contribution in [0.2, 0.25) is 0 Å². The molecular weight excluding hydrogens is 335 g/mol. The highest BCUT2D eigenvalue weighted by molar-refractivity contribution is 7.89. The van der Waals surface area contributed by atoms with Crippen LogP contribution >= 0.6 is 0 Å². The van der Waals surface area contributed by atoms with E-state index in [0.717, 1.165) is 4.31 Å². The number of sulfonamides is 1. The number of rotatable bonds is 3. The zero-order valence-corrected chi connectivity index (χ0v) is 12.5. The van der Waals surface area contributed by atoms with Crippen LogP contribution in [0.1, 0.15) is 12.0 Å². The van der Waals surface area contributed by atoms with Crippen molar-refractivity contribution in [1.82, 2.24) is 9.62 Å². The van der Waals surface area contributed by atoms with Gasteiger partial charge in [-0.25, -0.2) is 8.42 Å². The highest BCUT2D eigenvalue weighted by Gasteiger charge is 2.41. The van der Waals surface area contributed by atoms with Crippen LogP contribution in [0.25, 0.3) is 0 Å². The molecule has 0 spiro atoms. The summed E-state index contributed by atoms with van der Waals surface area (Å²) in [6.45, 7) is -0.227. The molecule has 1 unspecified atom stereocenters. The Kier molecular flexibility index (Phi) is 4.63. The first kappa shape index (κ1) is 17.2. The number of alkyl halides is 3. The van der Waals surface area contributed by atoms with Gasteiger partial charge in [0.25, 0.3) is 0 Å². The lowest BCUT2D eigenvalue weighted by Gasteiger charge is -2.17. The first-order valence-electron chi connectivity index (χ1n) is 6.52. The maximum Gasteiger partial charge on any atom is 0.471 e. The topological polar surface area (TPSA) is 90.3 Å². The maximum atomic E-state index is 12.4. The van der Waals surface area contributed by atoms with E-state index < -0.39 is 28.1 Å². The second-order valence-corrected chi connectivity index (χ2v) is 6.89. The number of nitriles is 1. The molecule has 1 atom stereocenters. The number of hydrogen-bond acceptors (Lipinski definition) is 4. The molecule has 1 heterocycles. The number of nitrogens with zero attached hydrogens (tertiary/aromatic N) is 2. The van der Waals surface area contributed by atoms with Gasteiger partial charge in [-0.15, -0.1) is 0 Å². The lowest BCUT2D eigenvalue weighted by Crippen LogP contribution is -2.44. The summed E-state index contributed by atoms with van der Waals surface area (Å²) in [7, 11) is -3.88. The second-order valence-electron chi connectivity index (χ2n) is 4.96. The molecule has 1 aliphatic rings. The Balaban J connectivity index is 2.08. The lowest BCUT2D eigenvalue weighted by molar-refractivity contribution is -0.174. The molecule has 0 radical (unpaired) electrons. The van der Waals surface area contributed by atoms with Gasteiger partial charge in [-0.05, 0) is 30.7 Å². The highest BCUT2D eigenvalue weighted by Crippen LogP contribution is 2.22. The monoisotopic (exact) mass is 347 g/mol. The Hall–Kier alpha value is -2.12. The summed E-state index contributed by atoms with van der Waals surface area (Å²) in [6, 6.07) is 6.16. The van der Waals surface area contributed by atoms with Gasteiger partial charge in [-0.2, -0.15) is 22.7 Å². The summed E-state index contributed by atoms with van der Waals surface area (Å²) in [5.41, 5.74) is 0.292. The third-order valence-electron chi connectivity index (χ3n) is 3.36. The van der Waals surface area contributed by atoms with Crippen LogP contribution in [0.15, 0.2) is 29.2 Å². The van der Waals surface area contributed by atoms with Crippen molar-refractivity contribution >= 4 is 15.9 Å². The van der Waals surface area contributed by atoms with E-state index in [1.54, 1.807) is 5.32 Å². The van der Waals surface area contributed by atoms with Crippen molar-refractivity contribution in [3.05, 3.63) is 29.8 Å². The maximum absolute atomic E-state index is 12.4. The van der Waals surface area contributed by atoms with E-state index in [1.165, 1.54) is 24.3 Å². The number of halogens is 3. The lowest BCUT2D eigenvalue weighted by atomic mass is 10.2. The van der Waals surface area contributed by atoms with Gasteiger partial charge < -0.3 is 5.32 Å². The summed E-state index contributed by atoms with van der Waals surface area (Å²) in [5, 5.41) is 10.5. The summed E-state index contributed by atoms with van der Waals surface area (Å²) < 4.78 is 62.3. The SMILES string of the molecule is N#Cc1ccc(S(=O)(=O)N2CCC(NC(=O)C(F)(F)F)C2)cc1. The van der Waals surface area contributed by atoms with E-state index in [9.17, 15) is 26.4 Å². The fourth-order valence-electron chi connectivity index (χ4n) is 2.18. The van der Waals surface area contributed by atoms with Crippen molar-refractivity contribution in [2.24, 2.45) is 0 Å². The minimum Gasteiger partial charge on any atom is -0.344 e. The molecule has 1 aliphatic heterocycles. The summed E-state index contributed by atoms with van der Waals surface area (Å²) in [4.78, 5) is 10.8. The number of nitrogens with one attached hydrogen (secondary N) is 1. The minimum absolute atomic E-state index is 0.00510. The fourth-order valence-corrected chi connectivity index (χ4v) is 3.68. The summed E-state index contributed by atoms with van der Waals surface area (Å²) in [5.74, 6) is -2.08. The van der Waals surface area contributed by atoms with E-state index in [0.29, 0.717) is 5.56 Å². The molecule has 0 saturated carbocycles. The van der Waals surface area contributed by atoms with Crippen molar-refractivity contribution in [3.8, 4) is 6.07 Å². The molecule has 6 nitrogen and oxygen atoms in total. The molecule has 2 rings (SSSR count). The standard InChI is InChI=1S/C13H12F3N3O3S/c14-13(15,16)12(20)18-10-5-6-19(8-10)23(21,22)11-3-1-9(7-17)2-4-11/h1-4,10H,5-6,8H2,(H,18,20). The van der Waals surface area contributed by atoms with Crippen LogP contribution in [0, 0.1) is 11.3 Å². The Bertz CT molecular complexity index is 738. The Labute approximate surface area is 130 Å². The zero-order chi connectivity index (χ0) is 17.3. The molecule has 1 fully saturated rings. The number of benzene rings is 1. The van der Waals surface area contributed by atoms with E-state index in [4.69, 9.17) is 5.26 Å². The molecule has 0 aromatic heterocycles. The molecule has 1 aromatic carbocycles. The van der Waals surface area contributed by atoms with Crippen molar-refractivity contribution in [3.63, 3.8) is 0 Å². The molecule has 1 N–H and O–H groups in total. The second kappa shape index (κ2) is 6.17. The first-order valence-corrected chi connectivity index (χ1v) is 7.96. The third-order valence-corrected chi connectivity index (χ3v) is 5.24. The van der Waals surface area contributed by atoms with Crippen LogP contribution < -0.4 is 5.32 Å². The molecule has 0 aliphatic carbocycles. The number of carbonyl (C=O) groups is 1. The molecule has 23 heavy (non-hydrogen) atoms. The van der Waals surface area contributed by atoms with Crippen molar-refractivity contribution in [2.45, 2.75) is 23.5 Å². The predicted molar refractivity (Wildman–Crippen MR) is 72.5 cm³/mol. The molecule has 1 saturated heterocycles. The molecular formula is C13H12F3N3O3S. The van der Waals surface area contributed by atoms with Gasteiger partial charge in [-0.3, -0.25) is 4.79 Å². The Morgan fingerprint density at radius 3 is 2.43 bits per heavy atom. The van der Waals surface area contributed by atoms with Gasteiger partial charge in [-0.1, -0.05) is 0 Å². The van der Waals surface area contributed by atoms with Gasteiger partial charge in [0.05, 0.1) is 16.5 Å². The van der Waals surface area contributed by atoms with Gasteiger partial charge in [0.1, 0.15) is 0 Å². The van der Waals surface area contributed by atoms with E-state index in [1.807, 2.05) is 6.07 Å². The number of carbonyl (C=O) groups excluding carboxylic acids is 1. The quantitative estimate of drug-likeness (QED) is 0.883. The van der Waals surface area contributed by atoms with Gasteiger partial charge in [0.2, 0.25) is 10.0 Å². The number of hydrogen-bond donors (Lipinski definition) is 1.